The van der Waals surface area contributed by atoms with Crippen molar-refractivity contribution >= 4 is 26.3 Å². The average molecular weight is 327 g/mol. The van der Waals surface area contributed by atoms with E-state index in [0.29, 0.717) is 12.3 Å². The molecule has 4 nitrogen and oxygen atoms in total. The van der Waals surface area contributed by atoms with Gasteiger partial charge in [0.1, 0.15) is 0 Å². The van der Waals surface area contributed by atoms with E-state index in [1.54, 1.807) is 0 Å². The zero-order valence-corrected chi connectivity index (χ0v) is 12.6. The molecule has 0 aliphatic heterocycles. The van der Waals surface area contributed by atoms with E-state index in [1.165, 1.54) is 19.3 Å². The van der Waals surface area contributed by atoms with Crippen molar-refractivity contribution in [3.8, 4) is 0 Å². The molecule has 5 heteroatoms. The summed E-state index contributed by atoms with van der Waals surface area (Å²) >= 11 is 0.0944. The van der Waals surface area contributed by atoms with Gasteiger partial charge in [-0.25, -0.2) is 0 Å². The number of nitrogens with one attached hydrogen (secondary N) is 1. The molecule has 104 valence electrons. The molecule has 0 bridgehead atoms. The summed E-state index contributed by atoms with van der Waals surface area (Å²) in [6.07, 6.45) is 6.71. The zero-order chi connectivity index (χ0) is 13.7. The second-order valence-electron chi connectivity index (χ2n) is 5.15. The number of carbonyl (C=O) groups is 2. The van der Waals surface area contributed by atoms with Crippen molar-refractivity contribution in [3.63, 3.8) is 0 Å². The number of primary amides is 1. The molecule has 0 spiro atoms. The third-order valence-electron chi connectivity index (χ3n) is 3.69. The average Bonchev–Trinajstić information content (AvgIpc) is 2.93. The summed E-state index contributed by atoms with van der Waals surface area (Å²) < 4.78 is 0.766. The Hall–Kier alpha value is -1.06. The van der Waals surface area contributed by atoms with Crippen LogP contribution in [0.1, 0.15) is 47.8 Å². The van der Waals surface area contributed by atoms with E-state index in [2.05, 4.69) is 5.32 Å². The van der Waals surface area contributed by atoms with Gasteiger partial charge in [-0.1, -0.05) is 0 Å². The van der Waals surface area contributed by atoms with Crippen LogP contribution in [0, 0.1) is 5.92 Å². The van der Waals surface area contributed by atoms with Crippen LogP contribution in [-0.4, -0.2) is 32.4 Å². The van der Waals surface area contributed by atoms with Gasteiger partial charge in [-0.15, -0.1) is 0 Å². The Morgan fingerprint density at radius 3 is 2.68 bits per heavy atom. The number of rotatable bonds is 5. The van der Waals surface area contributed by atoms with Gasteiger partial charge in [0.2, 0.25) is 0 Å². The monoisotopic (exact) mass is 328 g/mol. The summed E-state index contributed by atoms with van der Waals surface area (Å²) in [6.45, 7) is 0. The van der Waals surface area contributed by atoms with E-state index in [0.717, 1.165) is 17.3 Å². The van der Waals surface area contributed by atoms with Crippen molar-refractivity contribution < 1.29 is 9.59 Å². The van der Waals surface area contributed by atoms with Gasteiger partial charge in [0, 0.05) is 0 Å². The van der Waals surface area contributed by atoms with Gasteiger partial charge in [-0.2, -0.15) is 0 Å². The second kappa shape index (κ2) is 6.92. The van der Waals surface area contributed by atoms with Crippen LogP contribution in [0.3, 0.4) is 0 Å². The van der Waals surface area contributed by atoms with Crippen LogP contribution >= 0.6 is 0 Å². The standard InChI is InChI=1S/C14H20N2O2Se/c15-13(17)11(9-10-5-2-1-3-6-10)16-14(18)12-7-4-8-19-12/h4,7-8,10-11H,1-3,5-6,9H2,(H2,15,17)(H,16,18)/t11-/m0/s1. The first-order valence-electron chi connectivity index (χ1n) is 6.80. The molecule has 1 aromatic rings. The van der Waals surface area contributed by atoms with E-state index in [9.17, 15) is 9.59 Å². The Morgan fingerprint density at radius 2 is 2.11 bits per heavy atom. The molecule has 0 radical (unpaired) electrons. The van der Waals surface area contributed by atoms with Gasteiger partial charge in [-0.05, 0) is 0 Å². The Balaban J connectivity index is 1.92. The van der Waals surface area contributed by atoms with Crippen molar-refractivity contribution in [2.45, 2.75) is 44.6 Å². The molecule has 0 aromatic carbocycles. The first-order chi connectivity index (χ1) is 9.16. The summed E-state index contributed by atoms with van der Waals surface area (Å²) in [4.78, 5) is 25.5. The van der Waals surface area contributed by atoms with Crippen molar-refractivity contribution in [2.75, 3.05) is 0 Å². The number of nitrogens with two attached hydrogens (primary N) is 1. The molecule has 1 aliphatic carbocycles. The summed E-state index contributed by atoms with van der Waals surface area (Å²) in [5.41, 5.74) is 5.42. The number of hydrogen-bond donors (Lipinski definition) is 2. The normalized spacial score (nSPS) is 17.9. The Labute approximate surface area is 119 Å². The molecule has 1 aliphatic rings. The predicted molar refractivity (Wildman–Crippen MR) is 75.0 cm³/mol. The molecule has 19 heavy (non-hydrogen) atoms. The van der Waals surface area contributed by atoms with Crippen molar-refractivity contribution in [3.05, 3.63) is 21.5 Å². The van der Waals surface area contributed by atoms with Crippen molar-refractivity contribution in [1.29, 1.82) is 0 Å². The Morgan fingerprint density at radius 1 is 1.37 bits per heavy atom. The first-order valence-corrected chi connectivity index (χ1v) is 8.65. The predicted octanol–water partition coefficient (Wildman–Crippen LogP) is 1.30. The zero-order valence-electron chi connectivity index (χ0n) is 10.9. The van der Waals surface area contributed by atoms with Crippen molar-refractivity contribution in [2.24, 2.45) is 11.7 Å². The second-order valence-corrected chi connectivity index (χ2v) is 7.13. The van der Waals surface area contributed by atoms with Crippen LogP contribution in [0.2, 0.25) is 0 Å². The molecular formula is C14H20N2O2Se. The topological polar surface area (TPSA) is 72.2 Å². The van der Waals surface area contributed by atoms with Crippen LogP contribution in [-0.2, 0) is 4.79 Å². The number of hydrogen-bond acceptors (Lipinski definition) is 2. The first kappa shape index (κ1) is 14.4. The third-order valence-corrected chi connectivity index (χ3v) is 5.51. The summed E-state index contributed by atoms with van der Waals surface area (Å²) in [6, 6.07) is 3.18. The minimum atomic E-state index is -0.520. The van der Waals surface area contributed by atoms with Crippen LogP contribution in [0.25, 0.3) is 0 Å². The van der Waals surface area contributed by atoms with Gasteiger partial charge in [0.25, 0.3) is 0 Å². The maximum absolute atomic E-state index is 12.0. The molecule has 1 heterocycles. The van der Waals surface area contributed by atoms with E-state index >= 15 is 0 Å². The molecule has 2 amide bonds. The molecule has 1 atom stereocenters. The van der Waals surface area contributed by atoms with E-state index in [-0.39, 0.29) is 20.4 Å². The molecule has 1 fully saturated rings. The quantitative estimate of drug-likeness (QED) is 0.800. The number of carbonyl (C=O) groups excluding carboxylic acids is 2. The fourth-order valence-electron chi connectivity index (χ4n) is 2.64. The molecule has 1 aromatic heterocycles. The van der Waals surface area contributed by atoms with Gasteiger partial charge in [0.15, 0.2) is 0 Å². The fraction of sp³-hybridized carbons (Fsp3) is 0.571. The van der Waals surface area contributed by atoms with Crippen LogP contribution in [0.15, 0.2) is 17.1 Å². The molecule has 1 saturated carbocycles. The summed E-state index contributed by atoms with van der Waals surface area (Å²) in [5.74, 6) is -0.0321. The molecule has 2 rings (SSSR count). The summed E-state index contributed by atoms with van der Waals surface area (Å²) in [5, 5.41) is 2.80. The van der Waals surface area contributed by atoms with E-state index < -0.39 is 11.9 Å². The Bertz CT molecular complexity index is 425. The van der Waals surface area contributed by atoms with Gasteiger partial charge in [0.05, 0.1) is 0 Å². The van der Waals surface area contributed by atoms with Crippen molar-refractivity contribution in [1.82, 2.24) is 5.32 Å². The van der Waals surface area contributed by atoms with Crippen LogP contribution in [0.5, 0.6) is 0 Å². The van der Waals surface area contributed by atoms with Gasteiger partial charge in [-0.3, -0.25) is 0 Å². The molecule has 0 unspecified atom stereocenters. The van der Waals surface area contributed by atoms with Crippen LogP contribution < -0.4 is 11.1 Å². The fourth-order valence-corrected chi connectivity index (χ4v) is 3.95. The molecular weight excluding hydrogens is 307 g/mol. The summed E-state index contributed by atoms with van der Waals surface area (Å²) in [7, 11) is 0. The minimum absolute atomic E-state index is 0.0944. The van der Waals surface area contributed by atoms with E-state index in [1.807, 2.05) is 17.1 Å². The maximum atomic E-state index is 12.0. The third kappa shape index (κ3) is 4.22. The molecule has 3 N–H and O–H groups in total. The number of amides is 2. The van der Waals surface area contributed by atoms with Gasteiger partial charge >= 0.3 is 119 Å². The van der Waals surface area contributed by atoms with Crippen LogP contribution in [0.4, 0.5) is 0 Å². The SMILES string of the molecule is NC(=O)[C@H](CC1CCCCC1)NC(=O)c1ccc[se]1. The van der Waals surface area contributed by atoms with E-state index in [4.69, 9.17) is 5.73 Å². The Kier molecular flexibility index (Phi) is 5.23. The van der Waals surface area contributed by atoms with Gasteiger partial charge < -0.3 is 0 Å². The molecule has 0 saturated heterocycles.